The molecule has 6 nitrogen and oxygen atoms in total. The highest BCUT2D eigenvalue weighted by Gasteiger charge is 2.20. The summed E-state index contributed by atoms with van der Waals surface area (Å²) in [5.41, 5.74) is 1.21. The van der Waals surface area contributed by atoms with Gasteiger partial charge in [-0.1, -0.05) is 11.6 Å². The molecular weight excluding hydrogens is 448 g/mol. The number of fused-ring (bicyclic) bond motifs is 1. The van der Waals surface area contributed by atoms with Gasteiger partial charge in [0.25, 0.3) is 0 Å². The van der Waals surface area contributed by atoms with Crippen molar-refractivity contribution in [2.45, 2.75) is 4.90 Å². The summed E-state index contributed by atoms with van der Waals surface area (Å²) in [6.07, 6.45) is 0. The van der Waals surface area contributed by atoms with Gasteiger partial charge in [-0.3, -0.25) is 4.79 Å². The summed E-state index contributed by atoms with van der Waals surface area (Å²) < 4.78 is 52.2. The number of aromatic nitrogens is 2. The number of carbonyl (C=O) groups excluding carboxylic acids is 1. The summed E-state index contributed by atoms with van der Waals surface area (Å²) in [7, 11) is -3.85. The molecule has 158 valence electrons. The molecule has 0 saturated carbocycles. The second-order valence-electron chi connectivity index (χ2n) is 6.70. The van der Waals surface area contributed by atoms with Gasteiger partial charge in [-0.15, -0.1) is 0 Å². The van der Waals surface area contributed by atoms with Gasteiger partial charge in [-0.05, 0) is 60.7 Å². The zero-order chi connectivity index (χ0) is 22.2. The average molecular weight is 462 g/mol. The van der Waals surface area contributed by atoms with Crippen molar-refractivity contribution in [1.29, 1.82) is 0 Å². The Balaban J connectivity index is 1.54. The number of H-pyrrole nitrogens is 1. The molecule has 10 heteroatoms. The van der Waals surface area contributed by atoms with Crippen molar-refractivity contribution < 1.29 is 22.0 Å². The second kappa shape index (κ2) is 8.09. The zero-order valence-electron chi connectivity index (χ0n) is 15.7. The fourth-order valence-corrected chi connectivity index (χ4v) is 4.25. The molecule has 0 spiro atoms. The smallest absolute Gasteiger partial charge is 0.239 e. The summed E-state index contributed by atoms with van der Waals surface area (Å²) in [5.74, 6) is -2.60. The first kappa shape index (κ1) is 21.0. The van der Waals surface area contributed by atoms with E-state index in [0.717, 1.165) is 18.2 Å². The Morgan fingerprint density at radius 1 is 1.03 bits per heavy atom. The van der Waals surface area contributed by atoms with E-state index in [1.165, 1.54) is 36.4 Å². The van der Waals surface area contributed by atoms with Crippen LogP contribution < -0.4 is 5.32 Å². The molecule has 0 aliphatic heterocycles. The predicted octanol–water partition coefficient (Wildman–Crippen LogP) is 4.57. The van der Waals surface area contributed by atoms with Gasteiger partial charge in [0.2, 0.25) is 5.91 Å². The van der Waals surface area contributed by atoms with Crippen molar-refractivity contribution in [2.75, 3.05) is 11.1 Å². The number of aromatic amines is 1. The molecule has 4 rings (SSSR count). The van der Waals surface area contributed by atoms with Gasteiger partial charge >= 0.3 is 0 Å². The third-order valence-electron chi connectivity index (χ3n) is 4.44. The van der Waals surface area contributed by atoms with Crippen LogP contribution in [0.2, 0.25) is 5.02 Å². The van der Waals surface area contributed by atoms with Crippen molar-refractivity contribution in [3.05, 3.63) is 77.3 Å². The zero-order valence-corrected chi connectivity index (χ0v) is 17.3. The Morgan fingerprint density at radius 3 is 2.52 bits per heavy atom. The van der Waals surface area contributed by atoms with Crippen LogP contribution in [0.3, 0.4) is 0 Å². The largest absolute Gasteiger partial charge is 0.338 e. The van der Waals surface area contributed by atoms with Crippen LogP contribution in [-0.2, 0) is 14.6 Å². The first-order valence-electron chi connectivity index (χ1n) is 8.95. The summed E-state index contributed by atoms with van der Waals surface area (Å²) in [6, 6.07) is 13.2. The minimum absolute atomic E-state index is 0.0159. The maximum Gasteiger partial charge on any atom is 0.239 e. The Hall–Kier alpha value is -3.30. The lowest BCUT2D eigenvalue weighted by Crippen LogP contribution is -2.23. The lowest BCUT2D eigenvalue weighted by molar-refractivity contribution is -0.113. The maximum atomic E-state index is 14.0. The Bertz CT molecular complexity index is 1400. The fraction of sp³-hybridized carbons (Fsp3) is 0.0476. The molecule has 1 heterocycles. The molecule has 0 saturated heterocycles. The SMILES string of the molecule is O=C(CS(=O)(=O)c1ccc(Cl)cc1)Nc1ccc2nc(-c3cc(F)ccc3F)[nH]c2c1. The highest BCUT2D eigenvalue weighted by atomic mass is 35.5. The van der Waals surface area contributed by atoms with Crippen LogP contribution >= 0.6 is 11.6 Å². The molecule has 0 fully saturated rings. The van der Waals surface area contributed by atoms with Gasteiger partial charge in [0.15, 0.2) is 9.84 Å². The third-order valence-corrected chi connectivity index (χ3v) is 6.33. The van der Waals surface area contributed by atoms with Crippen molar-refractivity contribution in [1.82, 2.24) is 9.97 Å². The minimum Gasteiger partial charge on any atom is -0.338 e. The molecule has 4 aromatic rings. The molecule has 31 heavy (non-hydrogen) atoms. The van der Waals surface area contributed by atoms with E-state index in [4.69, 9.17) is 11.6 Å². The number of hydrogen-bond donors (Lipinski definition) is 2. The van der Waals surface area contributed by atoms with Crippen molar-refractivity contribution in [3.63, 3.8) is 0 Å². The van der Waals surface area contributed by atoms with Crippen LogP contribution in [-0.4, -0.2) is 30.0 Å². The van der Waals surface area contributed by atoms with Gasteiger partial charge in [-0.2, -0.15) is 0 Å². The molecule has 2 N–H and O–H groups in total. The standard InChI is InChI=1S/C21H14ClF2N3O3S/c22-12-1-5-15(6-2-12)31(29,30)11-20(28)25-14-4-8-18-19(10-14)27-21(26-18)16-9-13(23)3-7-17(16)24/h1-10H,11H2,(H,25,28)(H,26,27). The molecule has 1 aromatic heterocycles. The van der Waals surface area contributed by atoms with Crippen LogP contribution in [0.25, 0.3) is 22.4 Å². The number of sulfone groups is 1. The molecule has 0 atom stereocenters. The topological polar surface area (TPSA) is 91.9 Å². The number of hydrogen-bond acceptors (Lipinski definition) is 4. The Labute approximate surface area is 180 Å². The normalized spacial score (nSPS) is 11.6. The van der Waals surface area contributed by atoms with Crippen molar-refractivity contribution in [3.8, 4) is 11.4 Å². The van der Waals surface area contributed by atoms with Crippen LogP contribution in [0, 0.1) is 11.6 Å². The number of imidazole rings is 1. The molecule has 0 bridgehead atoms. The van der Waals surface area contributed by atoms with Gasteiger partial charge < -0.3 is 10.3 Å². The van der Waals surface area contributed by atoms with E-state index in [1.54, 1.807) is 6.07 Å². The van der Waals surface area contributed by atoms with E-state index in [2.05, 4.69) is 15.3 Å². The molecule has 0 aliphatic rings. The average Bonchev–Trinajstić information content (AvgIpc) is 3.12. The lowest BCUT2D eigenvalue weighted by atomic mass is 10.2. The van der Waals surface area contributed by atoms with Crippen molar-refractivity contribution in [2.24, 2.45) is 0 Å². The molecule has 3 aromatic carbocycles. The summed E-state index contributed by atoms with van der Waals surface area (Å²) in [4.78, 5) is 19.4. The summed E-state index contributed by atoms with van der Waals surface area (Å²) in [5, 5.41) is 2.90. The Kier molecular flexibility index (Phi) is 5.47. The lowest BCUT2D eigenvalue weighted by Gasteiger charge is -2.07. The number of amides is 1. The first-order chi connectivity index (χ1) is 14.7. The molecule has 1 amide bonds. The van der Waals surface area contributed by atoms with E-state index in [9.17, 15) is 22.0 Å². The van der Waals surface area contributed by atoms with E-state index in [0.29, 0.717) is 21.7 Å². The Morgan fingerprint density at radius 2 is 1.77 bits per heavy atom. The van der Waals surface area contributed by atoms with E-state index in [1.807, 2.05) is 0 Å². The monoisotopic (exact) mass is 461 g/mol. The van der Waals surface area contributed by atoms with Gasteiger partial charge in [0.05, 0.1) is 21.5 Å². The molecule has 0 unspecified atom stereocenters. The van der Waals surface area contributed by atoms with E-state index < -0.39 is 33.1 Å². The summed E-state index contributed by atoms with van der Waals surface area (Å²) >= 11 is 5.76. The highest BCUT2D eigenvalue weighted by molar-refractivity contribution is 7.92. The van der Waals surface area contributed by atoms with Gasteiger partial charge in [0, 0.05) is 10.7 Å². The molecule has 0 radical (unpaired) electrons. The fourth-order valence-electron chi connectivity index (χ4n) is 2.99. The number of rotatable bonds is 5. The van der Waals surface area contributed by atoms with Gasteiger partial charge in [-0.25, -0.2) is 22.2 Å². The number of carbonyl (C=O) groups is 1. The maximum absolute atomic E-state index is 14.0. The third kappa shape index (κ3) is 4.57. The highest BCUT2D eigenvalue weighted by Crippen LogP contribution is 2.25. The summed E-state index contributed by atoms with van der Waals surface area (Å²) in [6.45, 7) is 0. The van der Waals surface area contributed by atoms with Crippen LogP contribution in [0.5, 0.6) is 0 Å². The predicted molar refractivity (Wildman–Crippen MR) is 114 cm³/mol. The van der Waals surface area contributed by atoms with E-state index in [-0.39, 0.29) is 16.3 Å². The number of nitrogens with zero attached hydrogens (tertiary/aromatic N) is 1. The number of anilines is 1. The minimum atomic E-state index is -3.85. The van der Waals surface area contributed by atoms with Crippen molar-refractivity contribution >= 4 is 44.1 Å². The van der Waals surface area contributed by atoms with Gasteiger partial charge in [0.1, 0.15) is 23.2 Å². The number of nitrogens with one attached hydrogen (secondary N) is 2. The first-order valence-corrected chi connectivity index (χ1v) is 11.0. The number of benzene rings is 3. The van der Waals surface area contributed by atoms with E-state index >= 15 is 0 Å². The molecular formula is C21H14ClF2N3O3S. The van der Waals surface area contributed by atoms with Crippen LogP contribution in [0.15, 0.2) is 65.6 Å². The molecule has 0 aliphatic carbocycles. The number of halogens is 3. The van der Waals surface area contributed by atoms with Crippen LogP contribution in [0.4, 0.5) is 14.5 Å². The van der Waals surface area contributed by atoms with Crippen LogP contribution in [0.1, 0.15) is 0 Å². The quantitative estimate of drug-likeness (QED) is 0.455. The second-order valence-corrected chi connectivity index (χ2v) is 9.13.